The van der Waals surface area contributed by atoms with Crippen molar-refractivity contribution in [3.05, 3.63) is 28.8 Å². The Labute approximate surface area is 117 Å². The lowest BCUT2D eigenvalue weighted by Crippen LogP contribution is -2.40. The topological polar surface area (TPSA) is 49.8 Å². The Morgan fingerprint density at radius 1 is 1.58 bits per heavy atom. The van der Waals surface area contributed by atoms with Crippen LogP contribution >= 0.6 is 11.6 Å². The molecule has 5 heteroatoms. The van der Waals surface area contributed by atoms with E-state index in [0.29, 0.717) is 17.3 Å². The van der Waals surface area contributed by atoms with E-state index in [2.05, 4.69) is 0 Å². The SMILES string of the molecule is Cc1cc(Cl)ccc1OCC(=O)N1CCCC1CO. The lowest BCUT2D eigenvalue weighted by atomic mass is 10.2. The van der Waals surface area contributed by atoms with E-state index in [9.17, 15) is 9.90 Å². The van der Waals surface area contributed by atoms with Gasteiger partial charge in [0.25, 0.3) is 5.91 Å². The lowest BCUT2D eigenvalue weighted by Gasteiger charge is -2.23. The molecule has 1 aliphatic rings. The van der Waals surface area contributed by atoms with Crippen molar-refractivity contribution in [2.45, 2.75) is 25.8 Å². The summed E-state index contributed by atoms with van der Waals surface area (Å²) in [5, 5.41) is 9.84. The molecule has 1 aromatic rings. The maximum absolute atomic E-state index is 12.0. The van der Waals surface area contributed by atoms with E-state index < -0.39 is 0 Å². The zero-order chi connectivity index (χ0) is 13.8. The van der Waals surface area contributed by atoms with E-state index in [1.807, 2.05) is 6.92 Å². The molecule has 1 fully saturated rings. The Kier molecular flexibility index (Phi) is 4.66. The van der Waals surface area contributed by atoms with Gasteiger partial charge in [0.2, 0.25) is 0 Å². The molecule has 1 aliphatic heterocycles. The number of amides is 1. The van der Waals surface area contributed by atoms with Crippen LogP contribution in [0.4, 0.5) is 0 Å². The Balaban J connectivity index is 1.93. The van der Waals surface area contributed by atoms with Crippen molar-refractivity contribution in [1.82, 2.24) is 4.90 Å². The first kappa shape index (κ1) is 14.2. The van der Waals surface area contributed by atoms with Gasteiger partial charge in [-0.1, -0.05) is 11.6 Å². The molecule has 0 radical (unpaired) electrons. The van der Waals surface area contributed by atoms with Crippen LogP contribution in [0.15, 0.2) is 18.2 Å². The molecule has 2 rings (SSSR count). The van der Waals surface area contributed by atoms with Gasteiger partial charge in [-0.3, -0.25) is 4.79 Å². The monoisotopic (exact) mass is 283 g/mol. The first-order chi connectivity index (χ1) is 9.11. The van der Waals surface area contributed by atoms with Gasteiger partial charge in [-0.05, 0) is 43.5 Å². The molecule has 19 heavy (non-hydrogen) atoms. The van der Waals surface area contributed by atoms with E-state index in [1.54, 1.807) is 23.1 Å². The normalized spacial score (nSPS) is 18.7. The molecule has 1 heterocycles. The molecule has 0 aliphatic carbocycles. The smallest absolute Gasteiger partial charge is 0.260 e. The van der Waals surface area contributed by atoms with Crippen LogP contribution in [-0.4, -0.2) is 41.7 Å². The zero-order valence-corrected chi connectivity index (χ0v) is 11.7. The van der Waals surface area contributed by atoms with Gasteiger partial charge in [0.05, 0.1) is 12.6 Å². The second kappa shape index (κ2) is 6.26. The highest BCUT2D eigenvalue weighted by Gasteiger charge is 2.28. The number of carbonyl (C=O) groups is 1. The van der Waals surface area contributed by atoms with E-state index >= 15 is 0 Å². The van der Waals surface area contributed by atoms with Crippen molar-refractivity contribution in [3.8, 4) is 5.75 Å². The summed E-state index contributed by atoms with van der Waals surface area (Å²) in [6.07, 6.45) is 1.80. The third-order valence-electron chi connectivity index (χ3n) is 3.40. The molecular weight excluding hydrogens is 266 g/mol. The van der Waals surface area contributed by atoms with Gasteiger partial charge in [0.1, 0.15) is 5.75 Å². The number of likely N-dealkylation sites (tertiary alicyclic amines) is 1. The first-order valence-corrected chi connectivity index (χ1v) is 6.79. The molecule has 1 unspecified atom stereocenters. The number of aliphatic hydroxyl groups is 1. The summed E-state index contributed by atoms with van der Waals surface area (Å²) in [5.41, 5.74) is 0.903. The van der Waals surface area contributed by atoms with Gasteiger partial charge in [-0.2, -0.15) is 0 Å². The minimum atomic E-state index is -0.0779. The lowest BCUT2D eigenvalue weighted by molar-refractivity contribution is -0.134. The molecule has 4 nitrogen and oxygen atoms in total. The summed E-state index contributed by atoms with van der Waals surface area (Å²) in [7, 11) is 0. The highest BCUT2D eigenvalue weighted by atomic mass is 35.5. The summed E-state index contributed by atoms with van der Waals surface area (Å²) in [5.74, 6) is 0.586. The standard InChI is InChI=1S/C14H18ClNO3/c1-10-7-11(15)4-5-13(10)19-9-14(18)16-6-2-3-12(16)8-17/h4-5,7,12,17H,2-3,6,8-9H2,1H3. The maximum atomic E-state index is 12.0. The Morgan fingerprint density at radius 3 is 3.05 bits per heavy atom. The fourth-order valence-corrected chi connectivity index (χ4v) is 2.58. The minimum absolute atomic E-state index is 0.00102. The number of nitrogens with zero attached hydrogens (tertiary/aromatic N) is 1. The van der Waals surface area contributed by atoms with Gasteiger partial charge in [0.15, 0.2) is 6.61 Å². The Bertz CT molecular complexity index is 464. The number of halogens is 1. The predicted octanol–water partition coefficient (Wildman–Crippen LogP) is 2.01. The van der Waals surface area contributed by atoms with Gasteiger partial charge in [-0.25, -0.2) is 0 Å². The van der Waals surface area contributed by atoms with Crippen molar-refractivity contribution in [2.24, 2.45) is 0 Å². The van der Waals surface area contributed by atoms with E-state index in [1.165, 1.54) is 0 Å². The first-order valence-electron chi connectivity index (χ1n) is 6.41. The van der Waals surface area contributed by atoms with E-state index in [4.69, 9.17) is 16.3 Å². The van der Waals surface area contributed by atoms with Crippen LogP contribution in [0.1, 0.15) is 18.4 Å². The van der Waals surface area contributed by atoms with Crippen LogP contribution in [0.2, 0.25) is 5.02 Å². The molecule has 1 saturated heterocycles. The number of ether oxygens (including phenoxy) is 1. The molecule has 0 saturated carbocycles. The second-order valence-corrected chi connectivity index (χ2v) is 5.20. The minimum Gasteiger partial charge on any atom is -0.483 e. The molecular formula is C14H18ClNO3. The van der Waals surface area contributed by atoms with E-state index in [-0.39, 0.29) is 25.2 Å². The van der Waals surface area contributed by atoms with Crippen LogP contribution < -0.4 is 4.74 Å². The van der Waals surface area contributed by atoms with Crippen LogP contribution in [0.5, 0.6) is 5.75 Å². The highest BCUT2D eigenvalue weighted by molar-refractivity contribution is 6.30. The zero-order valence-electron chi connectivity index (χ0n) is 10.9. The van der Waals surface area contributed by atoms with Crippen molar-refractivity contribution in [2.75, 3.05) is 19.8 Å². The van der Waals surface area contributed by atoms with Crippen molar-refractivity contribution in [1.29, 1.82) is 0 Å². The Hall–Kier alpha value is -1.26. The third-order valence-corrected chi connectivity index (χ3v) is 3.63. The summed E-state index contributed by atoms with van der Waals surface area (Å²) in [4.78, 5) is 13.7. The summed E-state index contributed by atoms with van der Waals surface area (Å²) in [6.45, 7) is 2.61. The Morgan fingerprint density at radius 2 is 2.37 bits per heavy atom. The van der Waals surface area contributed by atoms with Crippen LogP contribution in [-0.2, 0) is 4.79 Å². The highest BCUT2D eigenvalue weighted by Crippen LogP contribution is 2.22. The fraction of sp³-hybridized carbons (Fsp3) is 0.500. The van der Waals surface area contributed by atoms with Gasteiger partial charge < -0.3 is 14.7 Å². The number of aryl methyl sites for hydroxylation is 1. The van der Waals surface area contributed by atoms with Gasteiger partial charge in [0, 0.05) is 11.6 Å². The molecule has 104 valence electrons. The van der Waals surface area contributed by atoms with Crippen molar-refractivity contribution < 1.29 is 14.6 Å². The van der Waals surface area contributed by atoms with Crippen LogP contribution in [0.3, 0.4) is 0 Å². The molecule has 1 amide bonds. The number of aliphatic hydroxyl groups excluding tert-OH is 1. The van der Waals surface area contributed by atoms with Gasteiger partial charge in [-0.15, -0.1) is 0 Å². The van der Waals surface area contributed by atoms with Crippen LogP contribution in [0, 0.1) is 6.92 Å². The molecule has 0 spiro atoms. The number of hydrogen-bond donors (Lipinski definition) is 1. The largest absolute Gasteiger partial charge is 0.483 e. The summed E-state index contributed by atoms with van der Waals surface area (Å²) >= 11 is 5.86. The molecule has 0 bridgehead atoms. The average Bonchev–Trinajstić information content (AvgIpc) is 2.85. The second-order valence-electron chi connectivity index (χ2n) is 4.76. The van der Waals surface area contributed by atoms with Crippen molar-refractivity contribution >= 4 is 17.5 Å². The number of benzene rings is 1. The molecule has 0 aromatic heterocycles. The van der Waals surface area contributed by atoms with Gasteiger partial charge >= 0.3 is 0 Å². The number of rotatable bonds is 4. The fourth-order valence-electron chi connectivity index (χ4n) is 2.35. The summed E-state index contributed by atoms with van der Waals surface area (Å²) in [6, 6.07) is 5.25. The molecule has 1 N–H and O–H groups in total. The molecule has 1 atom stereocenters. The maximum Gasteiger partial charge on any atom is 0.260 e. The van der Waals surface area contributed by atoms with Crippen molar-refractivity contribution in [3.63, 3.8) is 0 Å². The third kappa shape index (κ3) is 3.39. The molecule has 1 aromatic carbocycles. The van der Waals surface area contributed by atoms with E-state index in [0.717, 1.165) is 18.4 Å². The summed E-state index contributed by atoms with van der Waals surface area (Å²) < 4.78 is 5.53. The number of hydrogen-bond acceptors (Lipinski definition) is 3. The quantitative estimate of drug-likeness (QED) is 0.920. The average molecular weight is 284 g/mol. The van der Waals surface area contributed by atoms with Crippen LogP contribution in [0.25, 0.3) is 0 Å². The number of carbonyl (C=O) groups excluding carboxylic acids is 1. The predicted molar refractivity (Wildman–Crippen MR) is 73.5 cm³/mol.